The second-order valence-corrected chi connectivity index (χ2v) is 5.34. The van der Waals surface area contributed by atoms with E-state index < -0.39 is 5.97 Å². The lowest BCUT2D eigenvalue weighted by Gasteiger charge is -2.10. The minimum absolute atomic E-state index is 0.0198. The Morgan fingerprint density at radius 1 is 1.67 bits per heavy atom. The molecule has 0 radical (unpaired) electrons. The predicted octanol–water partition coefficient (Wildman–Crippen LogP) is 0.409. The van der Waals surface area contributed by atoms with E-state index in [9.17, 15) is 9.59 Å². The number of rotatable bonds is 4. The van der Waals surface area contributed by atoms with Crippen molar-refractivity contribution in [2.45, 2.75) is 13.0 Å². The monoisotopic (exact) mass is 269 g/mol. The van der Waals surface area contributed by atoms with Crippen LogP contribution in [0.15, 0.2) is 5.38 Å². The fourth-order valence-electron chi connectivity index (χ4n) is 1.95. The highest BCUT2D eigenvalue weighted by Gasteiger charge is 2.25. The largest absolute Gasteiger partial charge is 0.476 e. The van der Waals surface area contributed by atoms with Gasteiger partial charge in [-0.15, -0.1) is 11.3 Å². The number of aromatic nitrogens is 1. The zero-order valence-corrected chi connectivity index (χ0v) is 10.9. The van der Waals surface area contributed by atoms with Gasteiger partial charge in [-0.25, -0.2) is 9.78 Å². The number of thiazole rings is 1. The molecule has 7 heteroatoms. The van der Waals surface area contributed by atoms with Crippen molar-refractivity contribution in [2.24, 2.45) is 5.92 Å². The topological polar surface area (TPSA) is 82.5 Å². The third kappa shape index (κ3) is 3.05. The van der Waals surface area contributed by atoms with Gasteiger partial charge < -0.3 is 15.3 Å². The molecule has 98 valence electrons. The second kappa shape index (κ2) is 5.45. The second-order valence-electron chi connectivity index (χ2n) is 4.40. The zero-order valence-electron chi connectivity index (χ0n) is 10.0. The molecular weight excluding hydrogens is 254 g/mol. The number of aromatic carboxylic acids is 1. The summed E-state index contributed by atoms with van der Waals surface area (Å²) in [6.07, 6.45) is 0.876. The van der Waals surface area contributed by atoms with Crippen molar-refractivity contribution in [3.63, 3.8) is 0 Å². The van der Waals surface area contributed by atoms with E-state index in [0.717, 1.165) is 19.5 Å². The molecule has 1 unspecified atom stereocenters. The number of likely N-dealkylation sites (tertiary alicyclic amines) is 1. The lowest BCUT2D eigenvalue weighted by Crippen LogP contribution is -2.31. The van der Waals surface area contributed by atoms with E-state index in [2.05, 4.69) is 15.2 Å². The van der Waals surface area contributed by atoms with Gasteiger partial charge in [-0.2, -0.15) is 0 Å². The third-order valence-electron chi connectivity index (χ3n) is 2.95. The number of hydrogen-bond donors (Lipinski definition) is 2. The molecule has 2 N–H and O–H groups in total. The molecule has 0 aliphatic carbocycles. The van der Waals surface area contributed by atoms with E-state index in [4.69, 9.17) is 5.11 Å². The summed E-state index contributed by atoms with van der Waals surface area (Å²) in [5, 5.41) is 13.6. The first-order valence-corrected chi connectivity index (χ1v) is 6.58. The van der Waals surface area contributed by atoms with Crippen LogP contribution in [0.25, 0.3) is 0 Å². The molecule has 18 heavy (non-hydrogen) atoms. The van der Waals surface area contributed by atoms with E-state index >= 15 is 0 Å². The fourth-order valence-corrected chi connectivity index (χ4v) is 2.65. The van der Waals surface area contributed by atoms with E-state index in [1.807, 2.05) is 7.05 Å². The molecule has 0 spiro atoms. The Balaban J connectivity index is 1.83. The highest BCUT2D eigenvalue weighted by atomic mass is 32.1. The lowest BCUT2D eigenvalue weighted by atomic mass is 10.1. The molecule has 1 fully saturated rings. The van der Waals surface area contributed by atoms with Gasteiger partial charge in [0, 0.05) is 11.9 Å². The van der Waals surface area contributed by atoms with E-state index in [-0.39, 0.29) is 17.5 Å². The maximum atomic E-state index is 11.8. The normalized spacial score (nSPS) is 19.9. The number of carbonyl (C=O) groups is 2. The molecule has 1 atom stereocenters. The van der Waals surface area contributed by atoms with Gasteiger partial charge in [-0.05, 0) is 20.0 Å². The minimum Gasteiger partial charge on any atom is -0.476 e. The Morgan fingerprint density at radius 2 is 2.44 bits per heavy atom. The molecule has 6 nitrogen and oxygen atoms in total. The summed E-state index contributed by atoms with van der Waals surface area (Å²) >= 11 is 1.25. The summed E-state index contributed by atoms with van der Waals surface area (Å²) in [5.41, 5.74) is 0.0323. The number of carbonyl (C=O) groups excluding carboxylic acids is 1. The number of amides is 1. The van der Waals surface area contributed by atoms with Gasteiger partial charge in [-0.3, -0.25) is 4.79 Å². The number of nitrogens with zero attached hydrogens (tertiary/aromatic N) is 2. The van der Waals surface area contributed by atoms with Crippen molar-refractivity contribution in [1.29, 1.82) is 0 Å². The van der Waals surface area contributed by atoms with Crippen LogP contribution in [0.4, 0.5) is 0 Å². The Morgan fingerprint density at radius 3 is 3.00 bits per heavy atom. The SMILES string of the molecule is CN1CCC(C(=O)NCc2nc(C(=O)O)cs2)C1. The van der Waals surface area contributed by atoms with Crippen LogP contribution in [0.3, 0.4) is 0 Å². The average molecular weight is 269 g/mol. The highest BCUT2D eigenvalue weighted by Crippen LogP contribution is 2.15. The quantitative estimate of drug-likeness (QED) is 0.827. The van der Waals surface area contributed by atoms with Crippen LogP contribution in [0.5, 0.6) is 0 Å². The summed E-state index contributed by atoms with van der Waals surface area (Å²) < 4.78 is 0. The van der Waals surface area contributed by atoms with Crippen LogP contribution in [0, 0.1) is 5.92 Å². The van der Waals surface area contributed by atoms with Crippen molar-refractivity contribution in [3.8, 4) is 0 Å². The van der Waals surface area contributed by atoms with Gasteiger partial charge >= 0.3 is 5.97 Å². The molecule has 0 aromatic carbocycles. The van der Waals surface area contributed by atoms with Gasteiger partial charge in [0.25, 0.3) is 0 Å². The maximum absolute atomic E-state index is 11.8. The fraction of sp³-hybridized carbons (Fsp3) is 0.545. The molecule has 1 saturated heterocycles. The standard InChI is InChI=1S/C11H15N3O3S/c1-14-3-2-7(5-14)10(15)12-4-9-13-8(6-18-9)11(16)17/h6-7H,2-5H2,1H3,(H,12,15)(H,16,17). The molecule has 1 aliphatic heterocycles. The van der Waals surface area contributed by atoms with Gasteiger partial charge in [-0.1, -0.05) is 0 Å². The number of carboxylic acids is 1. The first-order valence-electron chi connectivity index (χ1n) is 5.70. The first kappa shape index (κ1) is 13.0. The number of hydrogen-bond acceptors (Lipinski definition) is 5. The minimum atomic E-state index is -1.04. The molecule has 2 rings (SSSR count). The van der Waals surface area contributed by atoms with Crippen molar-refractivity contribution in [2.75, 3.05) is 20.1 Å². The van der Waals surface area contributed by atoms with Crippen LogP contribution in [-0.2, 0) is 11.3 Å². The van der Waals surface area contributed by atoms with Crippen LogP contribution in [0.2, 0.25) is 0 Å². The Kier molecular flexibility index (Phi) is 3.93. The molecule has 0 saturated carbocycles. The molecule has 0 bridgehead atoms. The van der Waals surface area contributed by atoms with Crippen molar-refractivity contribution >= 4 is 23.2 Å². The van der Waals surface area contributed by atoms with E-state index in [1.54, 1.807) is 0 Å². The molecule has 1 amide bonds. The summed E-state index contributed by atoms with van der Waals surface area (Å²) in [6.45, 7) is 2.03. The zero-order chi connectivity index (χ0) is 13.1. The van der Waals surface area contributed by atoms with Gasteiger partial charge in [0.05, 0.1) is 12.5 Å². The van der Waals surface area contributed by atoms with Crippen LogP contribution < -0.4 is 5.32 Å². The molecular formula is C11H15N3O3S. The van der Waals surface area contributed by atoms with Crippen molar-refractivity contribution < 1.29 is 14.7 Å². The number of nitrogens with one attached hydrogen (secondary N) is 1. The van der Waals surface area contributed by atoms with Crippen molar-refractivity contribution in [3.05, 3.63) is 16.1 Å². The molecule has 2 heterocycles. The summed E-state index contributed by atoms with van der Waals surface area (Å²) in [5.74, 6) is -0.985. The summed E-state index contributed by atoms with van der Waals surface area (Å²) in [7, 11) is 1.99. The highest BCUT2D eigenvalue weighted by molar-refractivity contribution is 7.09. The maximum Gasteiger partial charge on any atom is 0.355 e. The Hall–Kier alpha value is -1.47. The molecule has 1 aromatic heterocycles. The van der Waals surface area contributed by atoms with E-state index in [0.29, 0.717) is 11.6 Å². The van der Waals surface area contributed by atoms with Crippen LogP contribution in [-0.4, -0.2) is 47.0 Å². The molecule has 1 aromatic rings. The van der Waals surface area contributed by atoms with Gasteiger partial charge in [0.1, 0.15) is 5.01 Å². The Labute approximate surface area is 109 Å². The first-order chi connectivity index (χ1) is 8.56. The lowest BCUT2D eigenvalue weighted by molar-refractivity contribution is -0.124. The smallest absolute Gasteiger partial charge is 0.355 e. The number of carboxylic acid groups (broad SMARTS) is 1. The van der Waals surface area contributed by atoms with E-state index in [1.165, 1.54) is 16.7 Å². The predicted molar refractivity (Wildman–Crippen MR) is 66.5 cm³/mol. The summed E-state index contributed by atoms with van der Waals surface area (Å²) in [6, 6.07) is 0. The molecule has 1 aliphatic rings. The van der Waals surface area contributed by atoms with Gasteiger partial charge in [0.2, 0.25) is 5.91 Å². The van der Waals surface area contributed by atoms with Crippen LogP contribution in [0.1, 0.15) is 21.9 Å². The van der Waals surface area contributed by atoms with Crippen molar-refractivity contribution in [1.82, 2.24) is 15.2 Å². The van der Waals surface area contributed by atoms with Crippen LogP contribution >= 0.6 is 11.3 Å². The summed E-state index contributed by atoms with van der Waals surface area (Å²) in [4.78, 5) is 28.5. The third-order valence-corrected chi connectivity index (χ3v) is 3.80. The average Bonchev–Trinajstić information content (AvgIpc) is 2.94. The Bertz CT molecular complexity index is 460. The van der Waals surface area contributed by atoms with Gasteiger partial charge in [0.15, 0.2) is 5.69 Å².